The lowest BCUT2D eigenvalue weighted by Gasteiger charge is -2.18. The van der Waals surface area contributed by atoms with Gasteiger partial charge in [0.2, 0.25) is 0 Å². The number of hydrogen-bond acceptors (Lipinski definition) is 8. The smallest absolute Gasteiger partial charge is 0.328 e. The number of urea groups is 1. The number of anilines is 2. The van der Waals surface area contributed by atoms with Crippen molar-refractivity contribution < 1.29 is 23.1 Å². The topological polar surface area (TPSA) is 150 Å². The van der Waals surface area contributed by atoms with Crippen LogP contribution in [0.2, 0.25) is 0 Å². The molecule has 0 fully saturated rings. The van der Waals surface area contributed by atoms with Crippen molar-refractivity contribution in [2.45, 2.75) is 26.3 Å². The molecule has 2 heterocycles. The summed E-state index contributed by atoms with van der Waals surface area (Å²) in [6, 6.07) is 10.9. The number of carbonyl (C=O) groups excluding carboxylic acids is 2. The molecule has 39 heavy (non-hydrogen) atoms. The second-order valence-corrected chi connectivity index (χ2v) is 9.03. The Balaban J connectivity index is 1.55. The average molecular weight is 537 g/mol. The zero-order valence-electron chi connectivity index (χ0n) is 21.4. The van der Waals surface area contributed by atoms with E-state index in [1.807, 2.05) is 13.8 Å². The molecule has 0 bridgehead atoms. The summed E-state index contributed by atoms with van der Waals surface area (Å²) in [7, 11) is 1.27. The van der Waals surface area contributed by atoms with E-state index in [1.165, 1.54) is 25.4 Å². The highest BCUT2D eigenvalue weighted by Gasteiger charge is 2.23. The molecular formula is C26H26F2N8O3. The average Bonchev–Trinajstić information content (AvgIpc) is 3.39. The van der Waals surface area contributed by atoms with E-state index in [4.69, 9.17) is 10.5 Å². The molecule has 0 aliphatic heterocycles. The monoisotopic (exact) mass is 536 g/mol. The summed E-state index contributed by atoms with van der Waals surface area (Å²) in [4.78, 5) is 28.7. The summed E-state index contributed by atoms with van der Waals surface area (Å²) in [6.45, 7) is 3.87. The summed E-state index contributed by atoms with van der Waals surface area (Å²) in [6.07, 6.45) is 1.97. The Bertz CT molecular complexity index is 1490. The highest BCUT2D eigenvalue weighted by molar-refractivity contribution is 5.92. The van der Waals surface area contributed by atoms with Crippen molar-refractivity contribution in [2.75, 3.05) is 18.2 Å². The molecule has 2 aromatic carbocycles. The third-order valence-electron chi connectivity index (χ3n) is 5.76. The van der Waals surface area contributed by atoms with Gasteiger partial charge in [-0.25, -0.2) is 23.4 Å². The van der Waals surface area contributed by atoms with Crippen LogP contribution in [0.5, 0.6) is 0 Å². The number of hydrogen-bond donors (Lipinski definition) is 3. The summed E-state index contributed by atoms with van der Waals surface area (Å²) in [5.41, 5.74) is 8.04. The lowest BCUT2D eigenvalue weighted by Crippen LogP contribution is -2.44. The summed E-state index contributed by atoms with van der Waals surface area (Å²) in [5, 5.41) is 16.6. The van der Waals surface area contributed by atoms with Crippen LogP contribution in [-0.4, -0.2) is 50.3 Å². The highest BCUT2D eigenvalue weighted by atomic mass is 19.2. The predicted molar refractivity (Wildman–Crippen MR) is 140 cm³/mol. The number of aromatic nitrogens is 5. The van der Waals surface area contributed by atoms with Crippen molar-refractivity contribution in [2.24, 2.45) is 5.92 Å². The van der Waals surface area contributed by atoms with Crippen molar-refractivity contribution in [1.82, 2.24) is 30.5 Å². The Morgan fingerprint density at radius 2 is 1.85 bits per heavy atom. The fourth-order valence-electron chi connectivity index (χ4n) is 3.88. The van der Waals surface area contributed by atoms with Crippen molar-refractivity contribution in [3.63, 3.8) is 0 Å². The second-order valence-electron chi connectivity index (χ2n) is 9.03. The first-order chi connectivity index (χ1) is 18.7. The van der Waals surface area contributed by atoms with Gasteiger partial charge in [-0.05, 0) is 58.7 Å². The number of nitrogens with one attached hydrogen (secondary N) is 2. The lowest BCUT2D eigenvalue weighted by atomic mass is 10.0. The molecule has 2 amide bonds. The Morgan fingerprint density at radius 3 is 2.54 bits per heavy atom. The molecule has 202 valence electrons. The fourth-order valence-corrected chi connectivity index (χ4v) is 3.88. The van der Waals surface area contributed by atoms with Gasteiger partial charge < -0.3 is 21.1 Å². The number of halogens is 2. The van der Waals surface area contributed by atoms with Crippen LogP contribution in [-0.2, 0) is 9.53 Å². The molecule has 4 aromatic rings. The van der Waals surface area contributed by atoms with E-state index < -0.39 is 29.7 Å². The molecule has 4 rings (SSSR count). The van der Waals surface area contributed by atoms with Gasteiger partial charge in [0, 0.05) is 17.4 Å². The van der Waals surface area contributed by atoms with E-state index in [9.17, 15) is 18.4 Å². The lowest BCUT2D eigenvalue weighted by molar-refractivity contribution is -0.143. The SMILES string of the molecule is COC(=O)[C@H](CC(C)C)NC(=O)Nc1ccc(-c2cnc(N)c(-c3nnnn3-c3cccc(F)c3F)c2)cc1. The van der Waals surface area contributed by atoms with Crippen molar-refractivity contribution in [3.05, 3.63) is 66.4 Å². The Hall–Kier alpha value is -4.94. The van der Waals surface area contributed by atoms with E-state index in [1.54, 1.807) is 30.3 Å². The molecule has 1 atom stereocenters. The Morgan fingerprint density at radius 1 is 1.10 bits per heavy atom. The highest BCUT2D eigenvalue weighted by Crippen LogP contribution is 2.30. The second kappa shape index (κ2) is 11.6. The number of rotatable bonds is 8. The van der Waals surface area contributed by atoms with Crippen LogP contribution in [0.4, 0.5) is 25.1 Å². The Kier molecular flexibility index (Phi) is 8.08. The molecule has 0 saturated heterocycles. The van der Waals surface area contributed by atoms with Crippen LogP contribution in [0.3, 0.4) is 0 Å². The number of ether oxygens (including phenoxy) is 1. The van der Waals surface area contributed by atoms with Crippen LogP contribution in [0, 0.1) is 17.6 Å². The third kappa shape index (κ3) is 6.14. The van der Waals surface area contributed by atoms with Crippen molar-refractivity contribution >= 4 is 23.5 Å². The zero-order chi connectivity index (χ0) is 28.1. The van der Waals surface area contributed by atoms with Crippen molar-refractivity contribution in [1.29, 1.82) is 0 Å². The van der Waals surface area contributed by atoms with E-state index in [2.05, 4.69) is 31.1 Å². The molecule has 0 saturated carbocycles. The zero-order valence-corrected chi connectivity index (χ0v) is 21.4. The molecule has 2 aromatic heterocycles. The minimum absolute atomic E-state index is 0.0721. The van der Waals surface area contributed by atoms with E-state index in [-0.39, 0.29) is 23.2 Å². The van der Waals surface area contributed by atoms with Gasteiger partial charge in [0.05, 0.1) is 12.7 Å². The summed E-state index contributed by atoms with van der Waals surface area (Å²) < 4.78 is 34.0. The van der Waals surface area contributed by atoms with E-state index in [0.717, 1.165) is 16.3 Å². The van der Waals surface area contributed by atoms with Gasteiger partial charge in [-0.3, -0.25) is 0 Å². The summed E-state index contributed by atoms with van der Waals surface area (Å²) in [5.74, 6) is -2.34. The number of esters is 1. The van der Waals surface area contributed by atoms with Crippen LogP contribution in [0.25, 0.3) is 28.2 Å². The maximum atomic E-state index is 14.4. The maximum Gasteiger partial charge on any atom is 0.328 e. The standard InChI is InChI=1S/C26H26F2N8O3/c1-14(2)11-20(25(37)39-3)32-26(38)31-17-9-7-15(8-10-17)16-12-18(23(29)30-13-16)24-33-34-35-36(24)21-6-4-5-19(27)22(21)28/h4-10,12-14,20H,11H2,1-3H3,(H2,29,30)(H2,31,32,38)/t20-/m0/s1. The number of nitrogen functional groups attached to an aromatic ring is 1. The van der Waals surface area contributed by atoms with Gasteiger partial charge in [0.15, 0.2) is 17.5 Å². The first-order valence-electron chi connectivity index (χ1n) is 11.9. The molecule has 0 radical (unpaired) electrons. The third-order valence-corrected chi connectivity index (χ3v) is 5.76. The van der Waals surface area contributed by atoms with E-state index in [0.29, 0.717) is 23.2 Å². The molecule has 4 N–H and O–H groups in total. The van der Waals surface area contributed by atoms with Crippen LogP contribution in [0.15, 0.2) is 54.7 Å². The number of nitrogens with zero attached hydrogens (tertiary/aromatic N) is 5. The van der Waals surface area contributed by atoms with Crippen molar-refractivity contribution in [3.8, 4) is 28.2 Å². The molecule has 0 aliphatic rings. The number of nitrogens with two attached hydrogens (primary N) is 1. The summed E-state index contributed by atoms with van der Waals surface area (Å²) >= 11 is 0. The van der Waals surface area contributed by atoms with Gasteiger partial charge in [-0.2, -0.15) is 4.68 Å². The number of tetrazole rings is 1. The van der Waals surface area contributed by atoms with Crippen LogP contribution >= 0.6 is 0 Å². The van der Waals surface area contributed by atoms with Gasteiger partial charge in [0.25, 0.3) is 0 Å². The number of pyridine rings is 1. The molecule has 11 nitrogen and oxygen atoms in total. The number of benzene rings is 2. The van der Waals surface area contributed by atoms with Gasteiger partial charge in [0.1, 0.15) is 17.5 Å². The van der Waals surface area contributed by atoms with Crippen LogP contribution in [0.1, 0.15) is 20.3 Å². The van der Waals surface area contributed by atoms with Gasteiger partial charge in [-0.15, -0.1) is 5.10 Å². The largest absolute Gasteiger partial charge is 0.467 e. The normalized spacial score (nSPS) is 11.7. The molecular weight excluding hydrogens is 510 g/mol. The fraction of sp³-hybridized carbons (Fsp3) is 0.231. The molecule has 0 aliphatic carbocycles. The quantitative estimate of drug-likeness (QED) is 0.287. The first kappa shape index (κ1) is 27.1. The number of methoxy groups -OCH3 is 1. The minimum atomic E-state index is -1.11. The number of amides is 2. The number of carbonyl (C=O) groups is 2. The molecule has 13 heteroatoms. The van der Waals surface area contributed by atoms with Crippen LogP contribution < -0.4 is 16.4 Å². The molecule has 0 spiro atoms. The Labute approximate surface area is 222 Å². The minimum Gasteiger partial charge on any atom is -0.467 e. The molecule has 0 unspecified atom stereocenters. The maximum absolute atomic E-state index is 14.4. The first-order valence-corrected chi connectivity index (χ1v) is 11.9. The van der Waals surface area contributed by atoms with Gasteiger partial charge in [-0.1, -0.05) is 32.0 Å². The predicted octanol–water partition coefficient (Wildman–Crippen LogP) is 3.96. The van der Waals surface area contributed by atoms with E-state index >= 15 is 0 Å². The van der Waals surface area contributed by atoms with Gasteiger partial charge >= 0.3 is 12.0 Å².